The monoisotopic (exact) mass is 219 g/mol. The van der Waals surface area contributed by atoms with Crippen molar-refractivity contribution in [3.8, 4) is 0 Å². The van der Waals surface area contributed by atoms with E-state index >= 15 is 0 Å². The minimum atomic E-state index is -1.35. The van der Waals surface area contributed by atoms with E-state index in [-0.39, 0.29) is 6.07 Å². The van der Waals surface area contributed by atoms with Crippen LogP contribution in [0, 0.1) is 23.3 Å². The van der Waals surface area contributed by atoms with Crippen LogP contribution in [0.4, 0.5) is 23.2 Å². The van der Waals surface area contributed by atoms with E-state index in [1.165, 1.54) is 4.90 Å². The molecule has 0 radical (unpaired) electrons. The predicted molar refractivity (Wildman–Crippen MR) is 47.7 cm³/mol. The molecule has 0 saturated carbocycles. The minimum absolute atomic E-state index is 0.226. The Bertz CT molecular complexity index is 359. The van der Waals surface area contributed by atoms with Crippen LogP contribution in [-0.4, -0.2) is 13.1 Å². The molecule has 82 valence electrons. The summed E-state index contributed by atoms with van der Waals surface area (Å²) in [7, 11) is 0. The predicted octanol–water partition coefficient (Wildman–Crippen LogP) is 2.84. The molecule has 1 aromatic carbocycles. The second-order valence-electron chi connectivity index (χ2n) is 3.51. The van der Waals surface area contributed by atoms with Gasteiger partial charge in [-0.05, 0) is 12.8 Å². The van der Waals surface area contributed by atoms with Crippen molar-refractivity contribution in [1.29, 1.82) is 0 Å². The first-order valence-corrected chi connectivity index (χ1v) is 4.69. The smallest absolute Gasteiger partial charge is 0.185 e. The van der Waals surface area contributed by atoms with Crippen LogP contribution < -0.4 is 4.90 Å². The second-order valence-corrected chi connectivity index (χ2v) is 3.51. The third-order valence-corrected chi connectivity index (χ3v) is 2.51. The highest BCUT2D eigenvalue weighted by Gasteiger charge is 2.25. The van der Waals surface area contributed by atoms with E-state index in [4.69, 9.17) is 0 Å². The van der Waals surface area contributed by atoms with Crippen molar-refractivity contribution in [3.63, 3.8) is 0 Å². The number of hydrogen-bond donors (Lipinski definition) is 0. The Morgan fingerprint density at radius 2 is 1.33 bits per heavy atom. The highest BCUT2D eigenvalue weighted by molar-refractivity contribution is 5.50. The molecule has 1 fully saturated rings. The maximum absolute atomic E-state index is 13.3. The van der Waals surface area contributed by atoms with Gasteiger partial charge in [-0.1, -0.05) is 0 Å². The molecule has 2 rings (SSSR count). The van der Waals surface area contributed by atoms with Crippen molar-refractivity contribution < 1.29 is 17.6 Å². The zero-order valence-corrected chi connectivity index (χ0v) is 7.86. The molecule has 0 N–H and O–H groups in total. The molecular weight excluding hydrogens is 210 g/mol. The summed E-state index contributed by atoms with van der Waals surface area (Å²) in [6.45, 7) is 0.855. The van der Waals surface area contributed by atoms with Gasteiger partial charge in [-0.25, -0.2) is 17.6 Å². The number of anilines is 1. The summed E-state index contributed by atoms with van der Waals surface area (Å²) >= 11 is 0. The van der Waals surface area contributed by atoms with E-state index in [0.717, 1.165) is 12.8 Å². The van der Waals surface area contributed by atoms with E-state index in [2.05, 4.69) is 0 Å². The Morgan fingerprint density at radius 3 is 1.80 bits per heavy atom. The topological polar surface area (TPSA) is 3.24 Å². The van der Waals surface area contributed by atoms with E-state index in [0.29, 0.717) is 13.1 Å². The molecule has 0 bridgehead atoms. The Labute approximate surface area is 84.3 Å². The Kier molecular flexibility index (Phi) is 2.54. The SMILES string of the molecule is Fc1cc(F)c(F)c(N2CCCC2)c1F. The van der Waals surface area contributed by atoms with Gasteiger partial charge in [0.25, 0.3) is 0 Å². The van der Waals surface area contributed by atoms with Gasteiger partial charge >= 0.3 is 0 Å². The van der Waals surface area contributed by atoms with Gasteiger partial charge in [0, 0.05) is 19.2 Å². The van der Waals surface area contributed by atoms with Crippen molar-refractivity contribution in [2.75, 3.05) is 18.0 Å². The highest BCUT2D eigenvalue weighted by atomic mass is 19.2. The number of halogens is 4. The van der Waals surface area contributed by atoms with E-state index in [9.17, 15) is 17.6 Å². The van der Waals surface area contributed by atoms with Gasteiger partial charge in [0.05, 0.1) is 0 Å². The van der Waals surface area contributed by atoms with Crippen LogP contribution >= 0.6 is 0 Å². The van der Waals surface area contributed by atoms with E-state index in [1.807, 2.05) is 0 Å². The highest BCUT2D eigenvalue weighted by Crippen LogP contribution is 2.30. The van der Waals surface area contributed by atoms with Crippen LogP contribution in [0.25, 0.3) is 0 Å². The Hall–Kier alpha value is -1.26. The zero-order chi connectivity index (χ0) is 11.0. The molecule has 0 aliphatic carbocycles. The molecule has 5 heteroatoms. The summed E-state index contributed by atoms with van der Waals surface area (Å²) in [5, 5.41) is 0. The Morgan fingerprint density at radius 1 is 0.867 bits per heavy atom. The summed E-state index contributed by atoms with van der Waals surface area (Å²) in [6, 6.07) is 0.226. The minimum Gasteiger partial charge on any atom is -0.367 e. The first-order valence-electron chi connectivity index (χ1n) is 4.69. The molecule has 1 saturated heterocycles. The fourth-order valence-electron chi connectivity index (χ4n) is 1.78. The molecule has 1 aliphatic heterocycles. The Balaban J connectivity index is 2.52. The number of nitrogens with zero attached hydrogens (tertiary/aromatic N) is 1. The molecule has 1 aliphatic rings. The summed E-state index contributed by atoms with van der Waals surface area (Å²) in [5.74, 6) is -5.32. The van der Waals surface area contributed by atoms with Crippen molar-refractivity contribution in [2.24, 2.45) is 0 Å². The zero-order valence-electron chi connectivity index (χ0n) is 7.86. The van der Waals surface area contributed by atoms with Crippen LogP contribution in [0.1, 0.15) is 12.8 Å². The first-order chi connectivity index (χ1) is 7.11. The summed E-state index contributed by atoms with van der Waals surface area (Å²) in [4.78, 5) is 1.33. The van der Waals surface area contributed by atoms with Gasteiger partial charge in [-0.2, -0.15) is 0 Å². The average molecular weight is 219 g/mol. The van der Waals surface area contributed by atoms with Crippen LogP contribution in [0.15, 0.2) is 6.07 Å². The fraction of sp³-hybridized carbons (Fsp3) is 0.400. The van der Waals surface area contributed by atoms with Gasteiger partial charge in [0.2, 0.25) is 0 Å². The van der Waals surface area contributed by atoms with Gasteiger partial charge < -0.3 is 4.90 Å². The summed E-state index contributed by atoms with van der Waals surface area (Å²) in [6.07, 6.45) is 1.55. The largest absolute Gasteiger partial charge is 0.367 e. The number of rotatable bonds is 1. The lowest BCUT2D eigenvalue weighted by atomic mass is 10.2. The third kappa shape index (κ3) is 1.66. The second kappa shape index (κ2) is 3.72. The molecule has 0 spiro atoms. The van der Waals surface area contributed by atoms with Crippen molar-refractivity contribution >= 4 is 5.69 Å². The maximum atomic E-state index is 13.3. The lowest BCUT2D eigenvalue weighted by Gasteiger charge is -2.19. The van der Waals surface area contributed by atoms with Crippen molar-refractivity contribution in [3.05, 3.63) is 29.3 Å². The molecule has 1 nitrogen and oxygen atoms in total. The molecule has 1 heterocycles. The molecule has 0 amide bonds. The lowest BCUT2D eigenvalue weighted by Crippen LogP contribution is -2.21. The molecule has 0 atom stereocenters. The third-order valence-electron chi connectivity index (χ3n) is 2.51. The van der Waals surface area contributed by atoms with Crippen LogP contribution in [0.5, 0.6) is 0 Å². The fourth-order valence-corrected chi connectivity index (χ4v) is 1.78. The summed E-state index contributed by atoms with van der Waals surface area (Å²) in [5.41, 5.74) is -0.579. The first kappa shape index (κ1) is 10.3. The lowest BCUT2D eigenvalue weighted by molar-refractivity contribution is 0.453. The van der Waals surface area contributed by atoms with Crippen molar-refractivity contribution in [2.45, 2.75) is 12.8 Å². The van der Waals surface area contributed by atoms with Crippen LogP contribution in [-0.2, 0) is 0 Å². The van der Waals surface area contributed by atoms with Crippen LogP contribution in [0.2, 0.25) is 0 Å². The number of benzene rings is 1. The quantitative estimate of drug-likeness (QED) is 0.518. The number of hydrogen-bond acceptors (Lipinski definition) is 1. The molecule has 15 heavy (non-hydrogen) atoms. The average Bonchev–Trinajstić information content (AvgIpc) is 2.69. The van der Waals surface area contributed by atoms with Gasteiger partial charge in [0.1, 0.15) is 5.69 Å². The molecule has 0 unspecified atom stereocenters. The van der Waals surface area contributed by atoms with Gasteiger partial charge in [-0.15, -0.1) is 0 Å². The van der Waals surface area contributed by atoms with Gasteiger partial charge in [0.15, 0.2) is 23.3 Å². The molecule has 1 aromatic rings. The van der Waals surface area contributed by atoms with Crippen molar-refractivity contribution in [1.82, 2.24) is 0 Å². The molecule has 0 aromatic heterocycles. The normalized spacial score (nSPS) is 16.1. The van der Waals surface area contributed by atoms with Gasteiger partial charge in [-0.3, -0.25) is 0 Å². The maximum Gasteiger partial charge on any atom is 0.185 e. The van der Waals surface area contributed by atoms with Crippen LogP contribution in [0.3, 0.4) is 0 Å². The van der Waals surface area contributed by atoms with E-state index in [1.54, 1.807) is 0 Å². The van der Waals surface area contributed by atoms with E-state index < -0.39 is 29.0 Å². The standard InChI is InChI=1S/C10H9F4N/c11-6-5-7(12)9(14)10(8(6)13)15-3-1-2-4-15/h5H,1-4H2. The molecular formula is C10H9F4N. The summed E-state index contributed by atoms with van der Waals surface area (Å²) < 4.78 is 52.3.